The van der Waals surface area contributed by atoms with Crippen molar-refractivity contribution < 1.29 is 9.15 Å². The molecule has 150 valence electrons. The monoisotopic (exact) mass is 390 g/mol. The Bertz CT molecular complexity index is 1030. The van der Waals surface area contributed by atoms with Gasteiger partial charge in [0, 0.05) is 23.2 Å². The first-order valence-electron chi connectivity index (χ1n) is 10.0. The van der Waals surface area contributed by atoms with Crippen LogP contribution in [0.4, 0.5) is 0 Å². The zero-order valence-electron chi connectivity index (χ0n) is 17.1. The number of rotatable bonds is 5. The van der Waals surface area contributed by atoms with E-state index in [4.69, 9.17) is 9.15 Å². The van der Waals surface area contributed by atoms with Crippen LogP contribution in [0.25, 0.3) is 0 Å². The van der Waals surface area contributed by atoms with Crippen LogP contribution in [0, 0.1) is 24.7 Å². The molecule has 0 N–H and O–H groups in total. The molecule has 4 rings (SSSR count). The third-order valence-corrected chi connectivity index (χ3v) is 4.45. The van der Waals surface area contributed by atoms with Gasteiger partial charge in [-0.3, -0.25) is 4.79 Å². The summed E-state index contributed by atoms with van der Waals surface area (Å²) in [5, 5.41) is 0. The van der Waals surface area contributed by atoms with Crippen LogP contribution >= 0.6 is 0 Å². The first kappa shape index (κ1) is 20.5. The fraction of sp³-hybridized carbons (Fsp3) is 0.333. The number of hydrogen-bond acceptors (Lipinski definition) is 4. The van der Waals surface area contributed by atoms with Gasteiger partial charge in [0.05, 0.1) is 12.7 Å². The molecule has 0 unspecified atom stereocenters. The lowest BCUT2D eigenvalue weighted by Gasteiger charge is -2.12. The van der Waals surface area contributed by atoms with E-state index in [-0.39, 0.29) is 12.2 Å². The minimum atomic E-state index is -0.102. The van der Waals surface area contributed by atoms with Gasteiger partial charge in [0.25, 0.3) is 5.56 Å². The van der Waals surface area contributed by atoms with Crippen LogP contribution in [0.1, 0.15) is 49.4 Å². The van der Waals surface area contributed by atoms with Gasteiger partial charge in [0.15, 0.2) is 6.61 Å². The normalized spacial score (nSPS) is 12.4. The fourth-order valence-corrected chi connectivity index (χ4v) is 2.74. The van der Waals surface area contributed by atoms with Crippen molar-refractivity contribution in [3.8, 4) is 17.6 Å². The number of nitrogens with zero attached hydrogens (tertiary/aromatic N) is 2. The minimum absolute atomic E-state index is 0.102. The van der Waals surface area contributed by atoms with Crippen LogP contribution in [0.3, 0.4) is 0 Å². The molecule has 29 heavy (non-hydrogen) atoms. The molecular weight excluding hydrogens is 364 g/mol. The lowest BCUT2D eigenvalue weighted by molar-refractivity contribution is 0.262. The fourth-order valence-electron chi connectivity index (χ4n) is 2.74. The van der Waals surface area contributed by atoms with Gasteiger partial charge < -0.3 is 13.7 Å². The van der Waals surface area contributed by atoms with Gasteiger partial charge in [-0.1, -0.05) is 37.8 Å². The Morgan fingerprint density at radius 2 is 1.97 bits per heavy atom. The summed E-state index contributed by atoms with van der Waals surface area (Å²) >= 11 is 0. The Morgan fingerprint density at radius 3 is 2.59 bits per heavy atom. The van der Waals surface area contributed by atoms with Crippen LogP contribution in [0.15, 0.2) is 58.1 Å². The number of benzene rings is 1. The van der Waals surface area contributed by atoms with Crippen molar-refractivity contribution in [3.63, 3.8) is 0 Å². The molecule has 1 saturated carbocycles. The molecule has 0 saturated heterocycles. The summed E-state index contributed by atoms with van der Waals surface area (Å²) in [7, 11) is 0. The van der Waals surface area contributed by atoms with Crippen LogP contribution in [0.5, 0.6) is 5.75 Å². The lowest BCUT2D eigenvalue weighted by Crippen LogP contribution is -2.22. The summed E-state index contributed by atoms with van der Waals surface area (Å²) < 4.78 is 12.5. The quantitative estimate of drug-likeness (QED) is 0.599. The van der Waals surface area contributed by atoms with Crippen molar-refractivity contribution in [2.24, 2.45) is 5.92 Å². The van der Waals surface area contributed by atoms with Crippen LogP contribution in [-0.4, -0.2) is 9.55 Å². The summed E-state index contributed by atoms with van der Waals surface area (Å²) in [6, 6.07) is 11.4. The molecule has 0 amide bonds. The van der Waals surface area contributed by atoms with E-state index >= 15 is 0 Å². The van der Waals surface area contributed by atoms with Gasteiger partial charge in [-0.15, -0.1) is 0 Å². The number of aryl methyl sites for hydroxylation is 1. The second-order valence-corrected chi connectivity index (χ2v) is 6.71. The average molecular weight is 390 g/mol. The largest absolute Gasteiger partial charge is 0.484 e. The first-order chi connectivity index (χ1) is 14.2. The standard InChI is InChI=1S/C22H20N2O3.C2H6/c1-16-12-20(27-15-21-23-10-11-26-21)13-22(25)24(16)14-19-8-6-18(7-9-19)5-4-17-2-3-17;1-2/h6-13,17H,2-3,14-15H2,1H3;1-2H3. The second kappa shape index (κ2) is 9.79. The predicted molar refractivity (Wildman–Crippen MR) is 113 cm³/mol. The zero-order valence-corrected chi connectivity index (χ0v) is 17.1. The minimum Gasteiger partial charge on any atom is -0.484 e. The van der Waals surface area contributed by atoms with Crippen LogP contribution < -0.4 is 10.3 Å². The number of aromatic nitrogens is 2. The number of ether oxygens (including phenoxy) is 1. The Hall–Kier alpha value is -3.26. The molecule has 0 aliphatic heterocycles. The molecule has 1 fully saturated rings. The lowest BCUT2D eigenvalue weighted by atomic mass is 10.1. The highest BCUT2D eigenvalue weighted by Gasteiger charge is 2.17. The van der Waals surface area contributed by atoms with E-state index < -0.39 is 0 Å². The highest BCUT2D eigenvalue weighted by Crippen LogP contribution is 2.27. The smallest absolute Gasteiger partial charge is 0.254 e. The maximum atomic E-state index is 12.5. The molecule has 1 aliphatic carbocycles. The number of hydrogen-bond donors (Lipinski definition) is 0. The van der Waals surface area contributed by atoms with E-state index in [2.05, 4.69) is 16.8 Å². The zero-order chi connectivity index (χ0) is 20.6. The Kier molecular flexibility index (Phi) is 6.91. The van der Waals surface area contributed by atoms with Crippen molar-refractivity contribution in [2.45, 2.75) is 46.8 Å². The van der Waals surface area contributed by atoms with E-state index in [1.165, 1.54) is 25.2 Å². The topological polar surface area (TPSA) is 57.3 Å². The maximum Gasteiger partial charge on any atom is 0.254 e. The van der Waals surface area contributed by atoms with Gasteiger partial charge in [-0.2, -0.15) is 0 Å². The van der Waals surface area contributed by atoms with Gasteiger partial charge >= 0.3 is 0 Å². The predicted octanol–water partition coefficient (Wildman–Crippen LogP) is 4.56. The van der Waals surface area contributed by atoms with Gasteiger partial charge in [-0.05, 0) is 43.5 Å². The average Bonchev–Trinajstić information content (AvgIpc) is 3.42. The number of pyridine rings is 1. The van der Waals surface area contributed by atoms with Crippen molar-refractivity contribution in [1.82, 2.24) is 9.55 Å². The Morgan fingerprint density at radius 1 is 1.21 bits per heavy atom. The van der Waals surface area contributed by atoms with Crippen molar-refractivity contribution in [2.75, 3.05) is 0 Å². The summed E-state index contributed by atoms with van der Waals surface area (Å²) in [6.07, 6.45) is 5.51. The summed E-state index contributed by atoms with van der Waals surface area (Å²) in [5.41, 5.74) is 2.81. The van der Waals surface area contributed by atoms with E-state index in [9.17, 15) is 4.79 Å². The van der Waals surface area contributed by atoms with E-state index in [1.54, 1.807) is 10.8 Å². The highest BCUT2D eigenvalue weighted by atomic mass is 16.5. The third kappa shape index (κ3) is 5.86. The van der Waals surface area contributed by atoms with Gasteiger partial charge in [0.1, 0.15) is 12.0 Å². The van der Waals surface area contributed by atoms with Crippen molar-refractivity contribution in [3.05, 3.63) is 81.9 Å². The molecule has 0 radical (unpaired) electrons. The Labute approximate surface area is 171 Å². The Balaban J connectivity index is 0.00000117. The van der Waals surface area contributed by atoms with Gasteiger partial charge in [0.2, 0.25) is 5.89 Å². The molecule has 5 nitrogen and oxygen atoms in total. The van der Waals surface area contributed by atoms with Crippen LogP contribution in [-0.2, 0) is 13.2 Å². The second-order valence-electron chi connectivity index (χ2n) is 6.71. The molecule has 0 spiro atoms. The van der Waals surface area contributed by atoms with E-state index in [0.717, 1.165) is 16.8 Å². The van der Waals surface area contributed by atoms with Gasteiger partial charge in [-0.25, -0.2) is 4.98 Å². The SMILES string of the molecule is CC.Cc1cc(OCc2ncco2)cc(=O)n1Cc1ccc(C#CC2CC2)cc1. The van der Waals surface area contributed by atoms with E-state index in [1.807, 2.05) is 51.1 Å². The maximum absolute atomic E-state index is 12.5. The molecule has 1 aliphatic rings. The van der Waals surface area contributed by atoms with Crippen LogP contribution in [0.2, 0.25) is 0 Å². The molecule has 0 atom stereocenters. The molecule has 1 aromatic carbocycles. The summed E-state index contributed by atoms with van der Waals surface area (Å²) in [6.45, 7) is 6.61. The first-order valence-corrected chi connectivity index (χ1v) is 10.0. The molecule has 2 aromatic heterocycles. The molecular formula is C24H26N2O3. The number of oxazole rings is 1. The summed E-state index contributed by atoms with van der Waals surface area (Å²) in [5.74, 6) is 8.04. The van der Waals surface area contributed by atoms with E-state index in [0.29, 0.717) is 24.1 Å². The summed E-state index contributed by atoms with van der Waals surface area (Å²) in [4.78, 5) is 16.5. The molecule has 0 bridgehead atoms. The molecule has 5 heteroatoms. The molecule has 2 heterocycles. The molecule has 3 aromatic rings. The third-order valence-electron chi connectivity index (χ3n) is 4.45. The highest BCUT2D eigenvalue weighted by molar-refractivity contribution is 5.37. The van der Waals surface area contributed by atoms with Crippen molar-refractivity contribution >= 4 is 0 Å². The van der Waals surface area contributed by atoms with Crippen molar-refractivity contribution in [1.29, 1.82) is 0 Å².